The van der Waals surface area contributed by atoms with Crippen LogP contribution in [0.1, 0.15) is 38.3 Å². The highest BCUT2D eigenvalue weighted by Gasteiger charge is 2.25. The number of nitrogens with one attached hydrogen (secondary N) is 1. The molecule has 2 heterocycles. The fourth-order valence-electron chi connectivity index (χ4n) is 3.88. The van der Waals surface area contributed by atoms with Crippen molar-refractivity contribution in [1.82, 2.24) is 10.2 Å². The molecule has 2 unspecified atom stereocenters. The van der Waals surface area contributed by atoms with Gasteiger partial charge in [0, 0.05) is 50.2 Å². The fourth-order valence-corrected chi connectivity index (χ4v) is 3.88. The van der Waals surface area contributed by atoms with Gasteiger partial charge >= 0.3 is 0 Å². The van der Waals surface area contributed by atoms with Crippen LogP contribution in [0, 0.1) is 5.92 Å². The summed E-state index contributed by atoms with van der Waals surface area (Å²) in [5.41, 5.74) is 2.31. The van der Waals surface area contributed by atoms with Gasteiger partial charge in [0.15, 0.2) is 5.96 Å². The van der Waals surface area contributed by atoms with Gasteiger partial charge in [0.05, 0.1) is 19.8 Å². The lowest BCUT2D eigenvalue weighted by Crippen LogP contribution is -2.40. The lowest BCUT2D eigenvalue weighted by Gasteiger charge is -2.22. The number of benzene rings is 1. The summed E-state index contributed by atoms with van der Waals surface area (Å²) in [6.45, 7) is 11.1. The van der Waals surface area contributed by atoms with Crippen molar-refractivity contribution in [3.05, 3.63) is 23.3 Å². The third-order valence-corrected chi connectivity index (χ3v) is 5.10. The van der Waals surface area contributed by atoms with Crippen molar-refractivity contribution in [3.8, 4) is 11.5 Å². The lowest BCUT2D eigenvalue weighted by molar-refractivity contribution is 0.157. The average molecular weight is 503 g/mol. The van der Waals surface area contributed by atoms with Crippen LogP contribution in [0.2, 0.25) is 0 Å². The summed E-state index contributed by atoms with van der Waals surface area (Å²) in [7, 11) is 1.77. The summed E-state index contributed by atoms with van der Waals surface area (Å²) < 4.78 is 17.1. The molecular weight excluding hydrogens is 469 g/mol. The number of fused-ring (bicyclic) bond motifs is 1. The summed E-state index contributed by atoms with van der Waals surface area (Å²) in [5.74, 6) is 3.44. The van der Waals surface area contributed by atoms with Gasteiger partial charge in [-0.2, -0.15) is 0 Å². The second-order valence-corrected chi connectivity index (χ2v) is 7.36. The molecule has 0 aliphatic carbocycles. The molecule has 2 aliphatic rings. The minimum absolute atomic E-state index is 0. The number of nitrogens with zero attached hydrogens (tertiary/aromatic N) is 2. The molecule has 1 aromatic carbocycles. The van der Waals surface area contributed by atoms with Crippen LogP contribution in [0.15, 0.2) is 17.1 Å². The summed E-state index contributed by atoms with van der Waals surface area (Å²) >= 11 is 0. The second kappa shape index (κ2) is 11.1. The Hall–Kier alpha value is -1.22. The minimum Gasteiger partial charge on any atom is -0.494 e. The van der Waals surface area contributed by atoms with E-state index in [4.69, 9.17) is 19.2 Å². The summed E-state index contributed by atoms with van der Waals surface area (Å²) in [5, 5.41) is 3.43. The Morgan fingerprint density at radius 3 is 2.89 bits per heavy atom. The van der Waals surface area contributed by atoms with Crippen molar-refractivity contribution >= 4 is 29.9 Å². The summed E-state index contributed by atoms with van der Waals surface area (Å²) in [6.07, 6.45) is 2.32. The second-order valence-electron chi connectivity index (χ2n) is 7.36. The van der Waals surface area contributed by atoms with Gasteiger partial charge in [-0.05, 0) is 39.3 Å². The first kappa shape index (κ1) is 23.1. The molecule has 1 N–H and O–H groups in total. The van der Waals surface area contributed by atoms with E-state index in [9.17, 15) is 0 Å². The van der Waals surface area contributed by atoms with Gasteiger partial charge in [-0.25, -0.2) is 4.99 Å². The number of aliphatic imine (C=N–C) groups is 1. The quantitative estimate of drug-likeness (QED) is 0.351. The molecule has 3 rings (SSSR count). The topological polar surface area (TPSA) is 55.3 Å². The predicted molar refractivity (Wildman–Crippen MR) is 123 cm³/mol. The Labute approximate surface area is 186 Å². The number of methoxy groups -OCH3 is 1. The average Bonchev–Trinajstić information content (AvgIpc) is 3.24. The van der Waals surface area contributed by atoms with E-state index in [1.165, 1.54) is 5.56 Å². The lowest BCUT2D eigenvalue weighted by atomic mass is 10.1. The highest BCUT2D eigenvalue weighted by Crippen LogP contribution is 2.35. The SMILES string of the molecule is CCNC(=NCc1cc2c(cc1OCC)CC(C)O2)N1CCC(COC)C1.I. The van der Waals surface area contributed by atoms with Crippen LogP contribution in [0.25, 0.3) is 0 Å². The third kappa shape index (κ3) is 5.65. The van der Waals surface area contributed by atoms with Gasteiger partial charge in [-0.15, -0.1) is 24.0 Å². The van der Waals surface area contributed by atoms with Crippen molar-refractivity contribution < 1.29 is 14.2 Å². The molecule has 6 nitrogen and oxygen atoms in total. The van der Waals surface area contributed by atoms with E-state index in [2.05, 4.69) is 36.2 Å². The zero-order valence-electron chi connectivity index (χ0n) is 17.5. The van der Waals surface area contributed by atoms with Crippen LogP contribution in [-0.2, 0) is 17.7 Å². The van der Waals surface area contributed by atoms with E-state index in [1.807, 2.05) is 6.92 Å². The van der Waals surface area contributed by atoms with Gasteiger partial charge in [0.2, 0.25) is 0 Å². The Morgan fingerprint density at radius 2 is 2.18 bits per heavy atom. The van der Waals surface area contributed by atoms with Gasteiger partial charge in [0.1, 0.15) is 17.6 Å². The highest BCUT2D eigenvalue weighted by molar-refractivity contribution is 14.0. The number of rotatable bonds is 7. The first-order valence-electron chi connectivity index (χ1n) is 10.1. The van der Waals surface area contributed by atoms with E-state index in [-0.39, 0.29) is 30.1 Å². The third-order valence-electron chi connectivity index (χ3n) is 5.10. The van der Waals surface area contributed by atoms with Crippen molar-refractivity contribution in [2.75, 3.05) is 40.0 Å². The number of ether oxygens (including phenoxy) is 3. The van der Waals surface area contributed by atoms with E-state index in [1.54, 1.807) is 7.11 Å². The first-order chi connectivity index (χ1) is 13.1. The Kier molecular flexibility index (Phi) is 9.14. The molecule has 0 radical (unpaired) electrons. The van der Waals surface area contributed by atoms with Crippen LogP contribution in [-0.4, -0.2) is 56.9 Å². The molecule has 0 amide bonds. The Balaban J connectivity index is 0.00000280. The number of likely N-dealkylation sites (tertiary alicyclic amines) is 1. The van der Waals surface area contributed by atoms with E-state index in [0.717, 1.165) is 62.1 Å². The predicted octanol–water partition coefficient (Wildman–Crippen LogP) is 3.46. The Morgan fingerprint density at radius 1 is 1.36 bits per heavy atom. The first-order valence-corrected chi connectivity index (χ1v) is 10.1. The van der Waals surface area contributed by atoms with Crippen LogP contribution >= 0.6 is 24.0 Å². The van der Waals surface area contributed by atoms with Crippen LogP contribution in [0.3, 0.4) is 0 Å². The number of hydrogen-bond acceptors (Lipinski definition) is 4. The monoisotopic (exact) mass is 503 g/mol. The summed E-state index contributed by atoms with van der Waals surface area (Å²) in [6, 6.07) is 4.24. The normalized spacial score (nSPS) is 21.1. The van der Waals surface area contributed by atoms with E-state index in [0.29, 0.717) is 19.1 Å². The summed E-state index contributed by atoms with van der Waals surface area (Å²) in [4.78, 5) is 7.24. The largest absolute Gasteiger partial charge is 0.494 e. The molecule has 2 aliphatic heterocycles. The zero-order chi connectivity index (χ0) is 19.2. The van der Waals surface area contributed by atoms with Crippen molar-refractivity contribution in [1.29, 1.82) is 0 Å². The smallest absolute Gasteiger partial charge is 0.194 e. The minimum atomic E-state index is 0. The molecule has 0 bridgehead atoms. The maximum Gasteiger partial charge on any atom is 0.194 e. The van der Waals surface area contributed by atoms with Crippen molar-refractivity contribution in [2.24, 2.45) is 10.9 Å². The fraction of sp³-hybridized carbons (Fsp3) is 0.667. The van der Waals surface area contributed by atoms with Crippen molar-refractivity contribution in [2.45, 2.75) is 46.3 Å². The van der Waals surface area contributed by atoms with Crippen LogP contribution in [0.5, 0.6) is 11.5 Å². The maximum atomic E-state index is 5.93. The maximum absolute atomic E-state index is 5.93. The Bertz CT molecular complexity index is 669. The van der Waals surface area contributed by atoms with Crippen molar-refractivity contribution in [3.63, 3.8) is 0 Å². The van der Waals surface area contributed by atoms with Gasteiger partial charge in [0.25, 0.3) is 0 Å². The molecule has 0 aromatic heterocycles. The van der Waals surface area contributed by atoms with Gasteiger partial charge in [-0.3, -0.25) is 0 Å². The molecule has 1 saturated heterocycles. The highest BCUT2D eigenvalue weighted by atomic mass is 127. The molecule has 1 fully saturated rings. The molecular formula is C21H34IN3O3. The van der Waals surface area contributed by atoms with Crippen LogP contribution in [0.4, 0.5) is 0 Å². The number of guanidine groups is 1. The van der Waals surface area contributed by atoms with E-state index < -0.39 is 0 Å². The zero-order valence-corrected chi connectivity index (χ0v) is 19.8. The molecule has 0 spiro atoms. The van der Waals surface area contributed by atoms with E-state index >= 15 is 0 Å². The molecule has 28 heavy (non-hydrogen) atoms. The van der Waals surface area contributed by atoms with Gasteiger partial charge < -0.3 is 24.4 Å². The molecule has 1 aromatic rings. The van der Waals surface area contributed by atoms with Crippen LogP contribution < -0.4 is 14.8 Å². The molecule has 0 saturated carbocycles. The molecule has 158 valence electrons. The standard InChI is InChI=1S/C21H33N3O3.HI/c1-5-22-21(24-8-7-16(13-24)14-25-4)23-12-18-11-20-17(9-15(3)27-20)10-19(18)26-6-2;/h10-11,15-16H,5-9,12-14H2,1-4H3,(H,22,23);1H. The number of halogens is 1. The van der Waals surface area contributed by atoms with Gasteiger partial charge in [-0.1, -0.05) is 0 Å². The molecule has 7 heteroatoms. The molecule has 2 atom stereocenters. The number of hydrogen-bond donors (Lipinski definition) is 1.